The molecule has 0 aromatic heterocycles. The molecule has 1 amide bonds. The lowest BCUT2D eigenvalue weighted by Gasteiger charge is -2.37. The molecule has 2 rings (SSSR count). The Labute approximate surface area is 87.7 Å². The molecule has 1 fully saturated rings. The summed E-state index contributed by atoms with van der Waals surface area (Å²) in [5.74, 6) is -0.376. The minimum atomic E-state index is -0.315. The van der Waals surface area contributed by atoms with Crippen molar-refractivity contribution in [1.82, 2.24) is 4.90 Å². The van der Waals surface area contributed by atoms with E-state index in [1.165, 1.54) is 18.2 Å². The van der Waals surface area contributed by atoms with E-state index in [4.69, 9.17) is 5.73 Å². The van der Waals surface area contributed by atoms with Crippen LogP contribution in [0.1, 0.15) is 15.9 Å². The van der Waals surface area contributed by atoms with Crippen molar-refractivity contribution in [2.24, 2.45) is 5.73 Å². The second kappa shape index (κ2) is 3.62. The van der Waals surface area contributed by atoms with Crippen LogP contribution < -0.4 is 5.73 Å². The van der Waals surface area contributed by atoms with Gasteiger partial charge in [0, 0.05) is 24.7 Å². The van der Waals surface area contributed by atoms with Crippen LogP contribution in [0.2, 0.25) is 0 Å². The van der Waals surface area contributed by atoms with E-state index in [0.717, 1.165) is 0 Å². The van der Waals surface area contributed by atoms with Crippen LogP contribution >= 0.6 is 0 Å². The summed E-state index contributed by atoms with van der Waals surface area (Å²) in [7, 11) is 0. The number of nitrogens with two attached hydrogens (primary N) is 1. The zero-order chi connectivity index (χ0) is 11.0. The maximum atomic E-state index is 12.8. The number of nitrogens with zero attached hydrogens (tertiary/aromatic N) is 1. The maximum Gasteiger partial charge on any atom is 0.254 e. The molecule has 0 spiro atoms. The van der Waals surface area contributed by atoms with Gasteiger partial charge in [-0.3, -0.25) is 4.79 Å². The Morgan fingerprint density at radius 1 is 1.53 bits per heavy atom. The number of aryl methyl sites for hydroxylation is 1. The number of hydrogen-bond acceptors (Lipinski definition) is 2. The zero-order valence-corrected chi connectivity index (χ0v) is 8.53. The van der Waals surface area contributed by atoms with E-state index in [9.17, 15) is 9.18 Å². The molecule has 0 unspecified atom stereocenters. The Balaban J connectivity index is 2.19. The van der Waals surface area contributed by atoms with Gasteiger partial charge in [0.05, 0.1) is 0 Å². The van der Waals surface area contributed by atoms with Gasteiger partial charge in [-0.05, 0) is 30.7 Å². The van der Waals surface area contributed by atoms with E-state index < -0.39 is 0 Å². The van der Waals surface area contributed by atoms with E-state index in [1.807, 2.05) is 0 Å². The molecule has 0 atom stereocenters. The number of likely N-dealkylation sites (tertiary alicyclic amines) is 1. The molecule has 1 aromatic carbocycles. The van der Waals surface area contributed by atoms with Crippen LogP contribution in [0, 0.1) is 12.7 Å². The van der Waals surface area contributed by atoms with Gasteiger partial charge in [0.15, 0.2) is 0 Å². The third-order valence-electron chi connectivity index (χ3n) is 2.62. The third kappa shape index (κ3) is 1.85. The number of carbonyl (C=O) groups excluding carboxylic acids is 1. The van der Waals surface area contributed by atoms with Gasteiger partial charge in [-0.15, -0.1) is 0 Å². The average molecular weight is 208 g/mol. The lowest BCUT2D eigenvalue weighted by Crippen LogP contribution is -2.57. The number of carbonyl (C=O) groups is 1. The SMILES string of the molecule is Cc1cc(F)ccc1C(=O)N1CC(N)C1. The first-order valence-corrected chi connectivity index (χ1v) is 4.89. The van der Waals surface area contributed by atoms with Gasteiger partial charge < -0.3 is 10.6 Å². The largest absolute Gasteiger partial charge is 0.335 e. The summed E-state index contributed by atoms with van der Waals surface area (Å²) in [6.07, 6.45) is 0. The highest BCUT2D eigenvalue weighted by molar-refractivity contribution is 5.96. The third-order valence-corrected chi connectivity index (χ3v) is 2.62. The Hall–Kier alpha value is -1.42. The highest BCUT2D eigenvalue weighted by atomic mass is 19.1. The fourth-order valence-electron chi connectivity index (χ4n) is 1.72. The number of hydrogen-bond donors (Lipinski definition) is 1. The smallest absolute Gasteiger partial charge is 0.254 e. The van der Waals surface area contributed by atoms with Crippen molar-refractivity contribution in [1.29, 1.82) is 0 Å². The monoisotopic (exact) mass is 208 g/mol. The first-order valence-electron chi connectivity index (χ1n) is 4.89. The molecule has 1 aromatic rings. The zero-order valence-electron chi connectivity index (χ0n) is 8.53. The van der Waals surface area contributed by atoms with Crippen LogP contribution in [-0.2, 0) is 0 Å². The van der Waals surface area contributed by atoms with E-state index >= 15 is 0 Å². The van der Waals surface area contributed by atoms with Gasteiger partial charge in [-0.2, -0.15) is 0 Å². The standard InChI is InChI=1S/C11H13FN2O/c1-7-4-8(12)2-3-10(7)11(15)14-5-9(13)6-14/h2-4,9H,5-6,13H2,1H3. The van der Waals surface area contributed by atoms with Crippen molar-refractivity contribution in [2.45, 2.75) is 13.0 Å². The first-order chi connectivity index (χ1) is 7.08. The first kappa shape index (κ1) is 10.1. The summed E-state index contributed by atoms with van der Waals surface area (Å²) in [5.41, 5.74) is 6.82. The molecule has 0 radical (unpaired) electrons. The van der Waals surface area contributed by atoms with Crippen LogP contribution in [0.5, 0.6) is 0 Å². The molecule has 3 nitrogen and oxygen atoms in total. The van der Waals surface area contributed by atoms with Crippen molar-refractivity contribution in [3.05, 3.63) is 35.1 Å². The van der Waals surface area contributed by atoms with Crippen molar-refractivity contribution in [3.63, 3.8) is 0 Å². The number of amides is 1. The molecule has 4 heteroatoms. The van der Waals surface area contributed by atoms with Crippen LogP contribution in [0.4, 0.5) is 4.39 Å². The van der Waals surface area contributed by atoms with Crippen LogP contribution in [0.15, 0.2) is 18.2 Å². The Bertz CT molecular complexity index is 400. The van der Waals surface area contributed by atoms with Crippen molar-refractivity contribution in [3.8, 4) is 0 Å². The fourth-order valence-corrected chi connectivity index (χ4v) is 1.72. The predicted molar refractivity (Wildman–Crippen MR) is 55.0 cm³/mol. The van der Waals surface area contributed by atoms with Gasteiger partial charge in [0.2, 0.25) is 0 Å². The predicted octanol–water partition coefficient (Wildman–Crippen LogP) is 0.917. The van der Waals surface area contributed by atoms with E-state index in [2.05, 4.69) is 0 Å². The summed E-state index contributed by atoms with van der Waals surface area (Å²) in [6.45, 7) is 2.92. The van der Waals surface area contributed by atoms with Gasteiger partial charge in [0.1, 0.15) is 5.82 Å². The summed E-state index contributed by atoms with van der Waals surface area (Å²) in [4.78, 5) is 13.5. The molecule has 1 heterocycles. The molecule has 0 aliphatic carbocycles. The van der Waals surface area contributed by atoms with Crippen molar-refractivity contribution in [2.75, 3.05) is 13.1 Å². The van der Waals surface area contributed by atoms with Crippen LogP contribution in [-0.4, -0.2) is 29.9 Å². The number of benzene rings is 1. The molecular weight excluding hydrogens is 195 g/mol. The molecule has 0 saturated carbocycles. The summed E-state index contributed by atoms with van der Waals surface area (Å²) in [6, 6.07) is 4.29. The summed E-state index contributed by atoms with van der Waals surface area (Å²) < 4.78 is 12.8. The Morgan fingerprint density at radius 3 is 2.73 bits per heavy atom. The molecular formula is C11H13FN2O. The normalized spacial score (nSPS) is 16.3. The minimum absolute atomic E-state index is 0.0609. The lowest BCUT2D eigenvalue weighted by molar-refractivity contribution is 0.0607. The topological polar surface area (TPSA) is 46.3 Å². The molecule has 2 N–H and O–H groups in total. The summed E-state index contributed by atoms with van der Waals surface area (Å²) >= 11 is 0. The highest BCUT2D eigenvalue weighted by Crippen LogP contribution is 2.16. The van der Waals surface area contributed by atoms with Gasteiger partial charge in [0.25, 0.3) is 5.91 Å². The molecule has 80 valence electrons. The fraction of sp³-hybridized carbons (Fsp3) is 0.364. The van der Waals surface area contributed by atoms with E-state index in [-0.39, 0.29) is 17.8 Å². The second-order valence-electron chi connectivity index (χ2n) is 3.93. The van der Waals surface area contributed by atoms with Crippen LogP contribution in [0.25, 0.3) is 0 Å². The van der Waals surface area contributed by atoms with Gasteiger partial charge in [-0.1, -0.05) is 0 Å². The summed E-state index contributed by atoms with van der Waals surface area (Å²) in [5, 5.41) is 0. The van der Waals surface area contributed by atoms with Crippen LogP contribution in [0.3, 0.4) is 0 Å². The quantitative estimate of drug-likeness (QED) is 0.745. The average Bonchev–Trinajstić information content (AvgIpc) is 2.12. The van der Waals surface area contributed by atoms with Gasteiger partial charge >= 0.3 is 0 Å². The molecule has 15 heavy (non-hydrogen) atoms. The number of rotatable bonds is 1. The Morgan fingerprint density at radius 2 is 2.20 bits per heavy atom. The van der Waals surface area contributed by atoms with E-state index in [0.29, 0.717) is 24.2 Å². The lowest BCUT2D eigenvalue weighted by atomic mass is 10.0. The van der Waals surface area contributed by atoms with E-state index in [1.54, 1.807) is 11.8 Å². The minimum Gasteiger partial charge on any atom is -0.335 e. The maximum absolute atomic E-state index is 12.8. The Kier molecular flexibility index (Phi) is 2.44. The second-order valence-corrected chi connectivity index (χ2v) is 3.93. The van der Waals surface area contributed by atoms with Crippen molar-refractivity contribution >= 4 is 5.91 Å². The highest BCUT2D eigenvalue weighted by Gasteiger charge is 2.28. The molecule has 1 aliphatic heterocycles. The number of halogens is 1. The van der Waals surface area contributed by atoms with Gasteiger partial charge in [-0.25, -0.2) is 4.39 Å². The molecule has 1 saturated heterocycles. The van der Waals surface area contributed by atoms with Crippen molar-refractivity contribution < 1.29 is 9.18 Å². The molecule has 1 aliphatic rings. The molecule has 0 bridgehead atoms.